The second kappa shape index (κ2) is 9.68. The largest absolute Gasteiger partial charge is 0.482 e. The highest BCUT2D eigenvalue weighted by Crippen LogP contribution is 2.33. The molecular formula is C29H25N5O3S. The van der Waals surface area contributed by atoms with Gasteiger partial charge >= 0.3 is 0 Å². The van der Waals surface area contributed by atoms with Crippen LogP contribution in [0.2, 0.25) is 0 Å². The van der Waals surface area contributed by atoms with Crippen molar-refractivity contribution in [3.63, 3.8) is 0 Å². The quantitative estimate of drug-likeness (QED) is 0.365. The lowest BCUT2D eigenvalue weighted by molar-refractivity contribution is -0.118. The van der Waals surface area contributed by atoms with Crippen LogP contribution in [0.25, 0.3) is 16.9 Å². The molecule has 1 amide bonds. The van der Waals surface area contributed by atoms with E-state index in [0.29, 0.717) is 28.5 Å². The number of ether oxygens (including phenoxy) is 1. The van der Waals surface area contributed by atoms with Crippen LogP contribution in [0.1, 0.15) is 11.3 Å². The zero-order valence-electron chi connectivity index (χ0n) is 20.9. The predicted octanol–water partition coefficient (Wildman–Crippen LogP) is 4.63. The lowest BCUT2D eigenvalue weighted by Gasteiger charge is -2.19. The Hall–Kier alpha value is -4.63. The summed E-state index contributed by atoms with van der Waals surface area (Å²) in [6.45, 7) is 2.48. The standard InChI is InChI=1S/C29H25N5O3S/c1-19-27(28(36)34(32(19)2)22-11-7-4-8-12-22)31-29-33(16-20-9-5-3-6-10-20)24(18-38-29)21-13-14-25-23(15-21)30-26(35)17-37-25/h3-15,18H,16-17H2,1-2H3,(H,30,35). The van der Waals surface area contributed by atoms with Crippen LogP contribution in [0.15, 0.2) is 94.0 Å². The van der Waals surface area contributed by atoms with Crippen molar-refractivity contribution >= 4 is 28.6 Å². The van der Waals surface area contributed by atoms with Gasteiger partial charge in [0.1, 0.15) is 5.75 Å². The summed E-state index contributed by atoms with van der Waals surface area (Å²) in [5.74, 6) is 0.464. The monoisotopic (exact) mass is 523 g/mol. The minimum absolute atomic E-state index is 0.0127. The molecule has 1 N–H and O–H groups in total. The summed E-state index contributed by atoms with van der Waals surface area (Å²) >= 11 is 1.47. The molecule has 0 radical (unpaired) electrons. The van der Waals surface area contributed by atoms with Crippen LogP contribution >= 0.6 is 11.3 Å². The van der Waals surface area contributed by atoms with Crippen LogP contribution in [0.3, 0.4) is 0 Å². The van der Waals surface area contributed by atoms with Crippen LogP contribution in [-0.4, -0.2) is 26.4 Å². The molecule has 3 heterocycles. The highest BCUT2D eigenvalue weighted by Gasteiger charge is 2.19. The van der Waals surface area contributed by atoms with Gasteiger partial charge in [-0.2, -0.15) is 0 Å². The number of nitrogens with zero attached hydrogens (tertiary/aromatic N) is 4. The molecule has 3 aromatic carbocycles. The number of anilines is 1. The Morgan fingerprint density at radius 2 is 1.74 bits per heavy atom. The van der Waals surface area contributed by atoms with Crippen molar-refractivity contribution in [2.24, 2.45) is 12.0 Å². The van der Waals surface area contributed by atoms with E-state index in [0.717, 1.165) is 28.2 Å². The highest BCUT2D eigenvalue weighted by molar-refractivity contribution is 7.07. The molecule has 0 atom stereocenters. The van der Waals surface area contributed by atoms with Gasteiger partial charge in [-0.25, -0.2) is 9.67 Å². The molecule has 0 bridgehead atoms. The number of amides is 1. The molecule has 0 aliphatic carbocycles. The number of fused-ring (bicyclic) bond motifs is 1. The summed E-state index contributed by atoms with van der Waals surface area (Å²) in [6, 6.07) is 25.4. The average Bonchev–Trinajstić information content (AvgIpc) is 3.42. The van der Waals surface area contributed by atoms with E-state index < -0.39 is 0 Å². The van der Waals surface area contributed by atoms with E-state index in [9.17, 15) is 9.59 Å². The second-order valence-electron chi connectivity index (χ2n) is 9.04. The first kappa shape index (κ1) is 23.7. The molecule has 0 saturated heterocycles. The Bertz CT molecular complexity index is 1780. The van der Waals surface area contributed by atoms with Gasteiger partial charge in [0.15, 0.2) is 17.1 Å². The fourth-order valence-electron chi connectivity index (χ4n) is 4.59. The van der Waals surface area contributed by atoms with Gasteiger partial charge in [0, 0.05) is 18.0 Å². The SMILES string of the molecule is Cc1c(N=c2scc(-c3ccc4c(c3)NC(=O)CO4)n2Cc2ccccc2)c(=O)n(-c2ccccc2)n1C. The maximum atomic E-state index is 13.5. The molecule has 2 aromatic heterocycles. The summed E-state index contributed by atoms with van der Waals surface area (Å²) in [5.41, 5.74) is 5.37. The Balaban J connectivity index is 1.52. The van der Waals surface area contributed by atoms with Crippen molar-refractivity contribution < 1.29 is 9.53 Å². The van der Waals surface area contributed by atoms with E-state index in [2.05, 4.69) is 22.0 Å². The van der Waals surface area contributed by atoms with Gasteiger partial charge in [-0.05, 0) is 42.8 Å². The Morgan fingerprint density at radius 3 is 2.50 bits per heavy atom. The molecule has 190 valence electrons. The molecule has 0 fully saturated rings. The van der Waals surface area contributed by atoms with E-state index in [1.807, 2.05) is 90.8 Å². The van der Waals surface area contributed by atoms with Gasteiger partial charge < -0.3 is 14.6 Å². The van der Waals surface area contributed by atoms with Crippen molar-refractivity contribution in [3.05, 3.63) is 111 Å². The van der Waals surface area contributed by atoms with E-state index in [4.69, 9.17) is 9.73 Å². The maximum Gasteiger partial charge on any atom is 0.297 e. The fraction of sp³-hybridized carbons (Fsp3) is 0.138. The summed E-state index contributed by atoms with van der Waals surface area (Å²) in [6.07, 6.45) is 0. The van der Waals surface area contributed by atoms with Crippen molar-refractivity contribution in [3.8, 4) is 22.7 Å². The molecule has 38 heavy (non-hydrogen) atoms. The number of aromatic nitrogens is 3. The molecule has 8 nitrogen and oxygen atoms in total. The van der Waals surface area contributed by atoms with Crippen LogP contribution < -0.4 is 20.4 Å². The lowest BCUT2D eigenvalue weighted by atomic mass is 10.1. The summed E-state index contributed by atoms with van der Waals surface area (Å²) in [4.78, 5) is 31.1. The Kier molecular flexibility index (Phi) is 6.05. The van der Waals surface area contributed by atoms with Gasteiger partial charge in [-0.15, -0.1) is 11.3 Å². The summed E-state index contributed by atoms with van der Waals surface area (Å²) in [5, 5.41) is 4.92. The molecule has 5 aromatic rings. The van der Waals surface area contributed by atoms with Crippen LogP contribution in [0.4, 0.5) is 11.4 Å². The first-order valence-corrected chi connectivity index (χ1v) is 13.1. The summed E-state index contributed by atoms with van der Waals surface area (Å²) < 4.78 is 11.1. The minimum atomic E-state index is -0.179. The molecule has 0 unspecified atom stereocenters. The maximum absolute atomic E-state index is 13.5. The predicted molar refractivity (Wildman–Crippen MR) is 148 cm³/mol. The molecule has 0 saturated carbocycles. The zero-order chi connectivity index (χ0) is 26.2. The number of para-hydroxylation sites is 1. The first-order valence-electron chi connectivity index (χ1n) is 12.2. The van der Waals surface area contributed by atoms with E-state index >= 15 is 0 Å². The Morgan fingerprint density at radius 1 is 1.00 bits per heavy atom. The van der Waals surface area contributed by atoms with Crippen LogP contribution in [0.5, 0.6) is 5.75 Å². The van der Waals surface area contributed by atoms with Crippen molar-refractivity contribution in [2.45, 2.75) is 13.5 Å². The molecule has 6 rings (SSSR count). The zero-order valence-corrected chi connectivity index (χ0v) is 21.7. The number of hydrogen-bond donors (Lipinski definition) is 1. The lowest BCUT2D eigenvalue weighted by Crippen LogP contribution is -2.25. The number of rotatable bonds is 5. The van der Waals surface area contributed by atoms with Crippen LogP contribution in [0, 0.1) is 6.92 Å². The van der Waals surface area contributed by atoms with Gasteiger partial charge in [0.05, 0.1) is 29.3 Å². The molecule has 0 spiro atoms. The number of carbonyl (C=O) groups is 1. The summed E-state index contributed by atoms with van der Waals surface area (Å²) in [7, 11) is 1.87. The van der Waals surface area contributed by atoms with E-state index in [1.54, 1.807) is 4.68 Å². The van der Waals surface area contributed by atoms with E-state index in [-0.39, 0.29) is 18.1 Å². The number of benzene rings is 3. The van der Waals surface area contributed by atoms with Gasteiger partial charge in [0.25, 0.3) is 11.5 Å². The first-order chi connectivity index (χ1) is 18.5. The Labute approximate surface area is 222 Å². The van der Waals surface area contributed by atoms with Crippen LogP contribution in [-0.2, 0) is 18.4 Å². The third-order valence-electron chi connectivity index (χ3n) is 6.62. The molecular weight excluding hydrogens is 498 g/mol. The number of nitrogens with one attached hydrogen (secondary N) is 1. The van der Waals surface area contributed by atoms with Gasteiger partial charge in [-0.3, -0.25) is 14.3 Å². The molecule has 1 aliphatic heterocycles. The van der Waals surface area contributed by atoms with Gasteiger partial charge in [0.2, 0.25) is 0 Å². The van der Waals surface area contributed by atoms with Gasteiger partial charge in [-0.1, -0.05) is 48.5 Å². The topological polar surface area (TPSA) is 82.6 Å². The average molecular weight is 524 g/mol. The third-order valence-corrected chi connectivity index (χ3v) is 7.48. The molecule has 9 heteroatoms. The van der Waals surface area contributed by atoms with Crippen molar-refractivity contribution in [2.75, 3.05) is 11.9 Å². The van der Waals surface area contributed by atoms with Crippen molar-refractivity contribution in [1.29, 1.82) is 0 Å². The minimum Gasteiger partial charge on any atom is -0.482 e. The third kappa shape index (κ3) is 4.26. The normalized spacial score (nSPS) is 13.2. The second-order valence-corrected chi connectivity index (χ2v) is 9.88. The number of hydrogen-bond acceptors (Lipinski definition) is 5. The number of thiazole rings is 1. The van der Waals surface area contributed by atoms with E-state index in [1.165, 1.54) is 11.3 Å². The smallest absolute Gasteiger partial charge is 0.297 e. The number of carbonyl (C=O) groups excluding carboxylic acids is 1. The van der Waals surface area contributed by atoms with Crippen molar-refractivity contribution in [1.82, 2.24) is 13.9 Å². The fourth-order valence-corrected chi connectivity index (χ4v) is 5.50. The highest BCUT2D eigenvalue weighted by atomic mass is 32.1. The molecule has 1 aliphatic rings.